The van der Waals surface area contributed by atoms with Crippen LogP contribution in [0, 0.1) is 0 Å². The van der Waals surface area contributed by atoms with Crippen LogP contribution >= 0.6 is 0 Å². The van der Waals surface area contributed by atoms with Gasteiger partial charge < -0.3 is 15.0 Å². The molecule has 132 valence electrons. The third-order valence-electron chi connectivity index (χ3n) is 3.92. The van der Waals surface area contributed by atoms with Gasteiger partial charge in [0, 0.05) is 12.6 Å². The van der Waals surface area contributed by atoms with Crippen LogP contribution in [-0.4, -0.2) is 29.9 Å². The van der Waals surface area contributed by atoms with E-state index in [1.54, 1.807) is 29.2 Å². The van der Waals surface area contributed by atoms with Gasteiger partial charge in [-0.25, -0.2) is 0 Å². The summed E-state index contributed by atoms with van der Waals surface area (Å²) in [6.07, 6.45) is 0. The number of benzene rings is 2. The summed E-state index contributed by atoms with van der Waals surface area (Å²) >= 11 is 0. The Morgan fingerprint density at radius 2 is 1.72 bits per heavy atom. The monoisotopic (exact) mass is 340 g/mol. The molecule has 2 rings (SSSR count). The fourth-order valence-electron chi connectivity index (χ4n) is 2.59. The minimum absolute atomic E-state index is 0.00138. The summed E-state index contributed by atoms with van der Waals surface area (Å²) < 4.78 is 5.38. The summed E-state index contributed by atoms with van der Waals surface area (Å²) in [7, 11) is 0. The average molecular weight is 340 g/mol. The predicted octanol–water partition coefficient (Wildman–Crippen LogP) is 3.63. The molecule has 0 aliphatic carbocycles. The Labute approximate surface area is 148 Å². The molecule has 5 nitrogen and oxygen atoms in total. The van der Waals surface area contributed by atoms with Gasteiger partial charge in [0.15, 0.2) is 0 Å². The Hall–Kier alpha value is -2.82. The quantitative estimate of drug-likeness (QED) is 0.837. The van der Waals surface area contributed by atoms with E-state index in [-0.39, 0.29) is 24.4 Å². The Kier molecular flexibility index (Phi) is 6.57. The highest BCUT2D eigenvalue weighted by molar-refractivity contribution is 5.94. The van der Waals surface area contributed by atoms with E-state index in [4.69, 9.17) is 4.74 Å². The molecule has 0 saturated carbocycles. The molecule has 0 aromatic heterocycles. The molecule has 0 heterocycles. The topological polar surface area (TPSA) is 58.6 Å². The number of nitrogens with one attached hydrogen (secondary N) is 1. The van der Waals surface area contributed by atoms with Gasteiger partial charge in [0.2, 0.25) is 11.8 Å². The minimum atomic E-state index is -0.234. The molecular formula is C20H24N2O3. The molecule has 2 aromatic carbocycles. The van der Waals surface area contributed by atoms with Crippen molar-refractivity contribution in [2.45, 2.75) is 26.8 Å². The molecule has 2 aromatic rings. The number of carbonyl (C=O) groups is 2. The lowest BCUT2D eigenvalue weighted by Crippen LogP contribution is -2.38. The molecule has 0 spiro atoms. The highest BCUT2D eigenvalue weighted by atomic mass is 16.5. The van der Waals surface area contributed by atoms with Crippen molar-refractivity contribution in [3.05, 3.63) is 60.2 Å². The first-order valence-corrected chi connectivity index (χ1v) is 8.36. The van der Waals surface area contributed by atoms with E-state index in [0.29, 0.717) is 12.3 Å². The molecule has 0 aliphatic rings. The predicted molar refractivity (Wildman–Crippen MR) is 98.5 cm³/mol. The van der Waals surface area contributed by atoms with Gasteiger partial charge in [-0.3, -0.25) is 9.59 Å². The lowest BCUT2D eigenvalue weighted by atomic mass is 10.1. The largest absolute Gasteiger partial charge is 0.494 e. The summed E-state index contributed by atoms with van der Waals surface area (Å²) in [4.78, 5) is 25.9. The Morgan fingerprint density at radius 3 is 2.28 bits per heavy atom. The molecule has 1 atom stereocenters. The molecule has 2 amide bonds. The maximum atomic E-state index is 12.3. The summed E-state index contributed by atoms with van der Waals surface area (Å²) in [5, 5.41) is 2.81. The number of anilines is 1. The summed E-state index contributed by atoms with van der Waals surface area (Å²) in [5.74, 6) is 0.379. The van der Waals surface area contributed by atoms with E-state index < -0.39 is 0 Å². The highest BCUT2D eigenvalue weighted by Gasteiger charge is 2.21. The molecular weight excluding hydrogens is 316 g/mol. The van der Waals surface area contributed by atoms with Crippen LogP contribution in [0.5, 0.6) is 5.75 Å². The standard InChI is InChI=1S/C20H24N2O3/c1-4-25-19-12-10-18(11-13-19)21-20(24)14-22(16(3)23)15(2)17-8-6-5-7-9-17/h5-13,15H,4,14H2,1-3H3,(H,21,24). The number of rotatable bonds is 7. The molecule has 1 N–H and O–H groups in total. The Bertz CT molecular complexity index is 699. The van der Waals surface area contributed by atoms with Crippen molar-refractivity contribution in [2.24, 2.45) is 0 Å². The average Bonchev–Trinajstić information content (AvgIpc) is 2.61. The zero-order chi connectivity index (χ0) is 18.2. The number of amides is 2. The van der Waals surface area contributed by atoms with Gasteiger partial charge in [0.05, 0.1) is 12.6 Å². The fourth-order valence-corrected chi connectivity index (χ4v) is 2.59. The minimum Gasteiger partial charge on any atom is -0.494 e. The molecule has 0 aliphatic heterocycles. The van der Waals surface area contributed by atoms with Crippen molar-refractivity contribution < 1.29 is 14.3 Å². The van der Waals surface area contributed by atoms with Crippen LogP contribution in [0.25, 0.3) is 0 Å². The Morgan fingerprint density at radius 1 is 1.08 bits per heavy atom. The fraction of sp³-hybridized carbons (Fsp3) is 0.300. The molecule has 0 fully saturated rings. The summed E-state index contributed by atoms with van der Waals surface area (Å²) in [6.45, 7) is 5.90. The molecule has 0 saturated heterocycles. The van der Waals surface area contributed by atoms with E-state index in [1.807, 2.05) is 44.2 Å². The first kappa shape index (κ1) is 18.5. The smallest absolute Gasteiger partial charge is 0.244 e. The van der Waals surface area contributed by atoms with Crippen molar-refractivity contribution in [2.75, 3.05) is 18.5 Å². The third-order valence-corrected chi connectivity index (χ3v) is 3.92. The number of nitrogens with zero attached hydrogens (tertiary/aromatic N) is 1. The molecule has 0 bridgehead atoms. The van der Waals surface area contributed by atoms with Gasteiger partial charge in [0.25, 0.3) is 0 Å². The van der Waals surface area contributed by atoms with E-state index >= 15 is 0 Å². The summed E-state index contributed by atoms with van der Waals surface area (Å²) in [6, 6.07) is 16.6. The third kappa shape index (κ3) is 5.35. The van der Waals surface area contributed by atoms with E-state index in [1.165, 1.54) is 6.92 Å². The van der Waals surface area contributed by atoms with Crippen molar-refractivity contribution in [1.29, 1.82) is 0 Å². The van der Waals surface area contributed by atoms with Gasteiger partial charge in [-0.05, 0) is 43.7 Å². The summed E-state index contributed by atoms with van der Waals surface area (Å²) in [5.41, 5.74) is 1.66. The lowest BCUT2D eigenvalue weighted by molar-refractivity contribution is -0.134. The van der Waals surface area contributed by atoms with Gasteiger partial charge in [-0.1, -0.05) is 30.3 Å². The second-order valence-corrected chi connectivity index (χ2v) is 5.74. The van der Waals surface area contributed by atoms with Gasteiger partial charge in [-0.2, -0.15) is 0 Å². The number of ether oxygens (including phenoxy) is 1. The highest BCUT2D eigenvalue weighted by Crippen LogP contribution is 2.20. The maximum absolute atomic E-state index is 12.3. The van der Waals surface area contributed by atoms with Crippen LogP contribution in [0.4, 0.5) is 5.69 Å². The molecule has 0 radical (unpaired) electrons. The SMILES string of the molecule is CCOc1ccc(NC(=O)CN(C(C)=O)C(C)c2ccccc2)cc1. The number of hydrogen-bond acceptors (Lipinski definition) is 3. The van der Waals surface area contributed by atoms with Gasteiger partial charge in [0.1, 0.15) is 12.3 Å². The molecule has 25 heavy (non-hydrogen) atoms. The van der Waals surface area contributed by atoms with Gasteiger partial charge in [-0.15, -0.1) is 0 Å². The van der Waals surface area contributed by atoms with Gasteiger partial charge >= 0.3 is 0 Å². The lowest BCUT2D eigenvalue weighted by Gasteiger charge is -2.28. The molecule has 5 heteroatoms. The van der Waals surface area contributed by atoms with Crippen molar-refractivity contribution >= 4 is 17.5 Å². The van der Waals surface area contributed by atoms with Crippen LogP contribution < -0.4 is 10.1 Å². The number of hydrogen-bond donors (Lipinski definition) is 1. The zero-order valence-electron chi connectivity index (χ0n) is 14.9. The van der Waals surface area contributed by atoms with Crippen LogP contribution in [0.2, 0.25) is 0 Å². The second-order valence-electron chi connectivity index (χ2n) is 5.74. The van der Waals surface area contributed by atoms with Crippen LogP contribution in [-0.2, 0) is 9.59 Å². The Balaban J connectivity index is 2.01. The van der Waals surface area contributed by atoms with Crippen molar-refractivity contribution in [1.82, 2.24) is 4.90 Å². The first-order valence-electron chi connectivity index (χ1n) is 8.36. The first-order chi connectivity index (χ1) is 12.0. The van der Waals surface area contributed by atoms with Crippen LogP contribution in [0.3, 0.4) is 0 Å². The van der Waals surface area contributed by atoms with Crippen LogP contribution in [0.15, 0.2) is 54.6 Å². The van der Waals surface area contributed by atoms with Crippen molar-refractivity contribution in [3.63, 3.8) is 0 Å². The van der Waals surface area contributed by atoms with E-state index in [2.05, 4.69) is 5.32 Å². The zero-order valence-corrected chi connectivity index (χ0v) is 14.9. The van der Waals surface area contributed by atoms with Crippen molar-refractivity contribution in [3.8, 4) is 5.75 Å². The molecule has 1 unspecified atom stereocenters. The van der Waals surface area contributed by atoms with E-state index in [9.17, 15) is 9.59 Å². The second kappa shape index (κ2) is 8.87. The van der Waals surface area contributed by atoms with E-state index in [0.717, 1.165) is 11.3 Å². The normalized spacial score (nSPS) is 11.5. The van der Waals surface area contributed by atoms with Crippen LogP contribution in [0.1, 0.15) is 32.4 Å². The number of carbonyl (C=O) groups excluding carboxylic acids is 2. The maximum Gasteiger partial charge on any atom is 0.244 e.